The number of halogens is 3. The molecule has 2 rings (SSSR count). The van der Waals surface area contributed by atoms with Gasteiger partial charge in [-0.2, -0.15) is 0 Å². The Morgan fingerprint density at radius 3 is 2.64 bits per heavy atom. The molecule has 1 aromatic carbocycles. The van der Waals surface area contributed by atoms with Gasteiger partial charge in [0.2, 0.25) is 0 Å². The molecular formula is C15H14Cl3N3S. The summed E-state index contributed by atoms with van der Waals surface area (Å²) in [5.74, 6) is 0.735. The molecule has 0 fully saturated rings. The Balaban J connectivity index is 1.90. The molecule has 0 aliphatic carbocycles. The molecule has 2 aromatic rings. The highest BCUT2D eigenvalue weighted by atomic mass is 35.5. The third-order valence-corrected chi connectivity index (χ3v) is 4.48. The minimum Gasteiger partial charge on any atom is -0.362 e. The summed E-state index contributed by atoms with van der Waals surface area (Å²) in [6.45, 7) is 2.54. The largest absolute Gasteiger partial charge is 0.362 e. The van der Waals surface area contributed by atoms with Gasteiger partial charge in [-0.25, -0.2) is 4.98 Å². The van der Waals surface area contributed by atoms with Crippen LogP contribution in [-0.2, 0) is 6.42 Å². The lowest BCUT2D eigenvalue weighted by Gasteiger charge is -2.13. The highest BCUT2D eigenvalue weighted by molar-refractivity contribution is 7.80. The van der Waals surface area contributed by atoms with Crippen molar-refractivity contribution in [2.24, 2.45) is 0 Å². The fraction of sp³-hybridized carbons (Fsp3) is 0.200. The van der Waals surface area contributed by atoms with Crippen molar-refractivity contribution in [1.82, 2.24) is 10.3 Å². The van der Waals surface area contributed by atoms with Gasteiger partial charge in [0.15, 0.2) is 5.11 Å². The third-order valence-electron chi connectivity index (χ3n) is 3.04. The smallest absolute Gasteiger partial charge is 0.171 e. The lowest BCUT2D eigenvalue weighted by Crippen LogP contribution is -2.30. The van der Waals surface area contributed by atoms with Crippen molar-refractivity contribution < 1.29 is 0 Å². The Labute approximate surface area is 150 Å². The number of hydrogen-bond donors (Lipinski definition) is 2. The first-order valence-corrected chi connectivity index (χ1v) is 8.12. The van der Waals surface area contributed by atoms with Crippen molar-refractivity contribution in [2.45, 2.75) is 13.3 Å². The number of nitrogens with zero attached hydrogens (tertiary/aromatic N) is 1. The van der Waals surface area contributed by atoms with Gasteiger partial charge in [-0.05, 0) is 54.9 Å². The van der Waals surface area contributed by atoms with Gasteiger partial charge in [0.25, 0.3) is 0 Å². The molecule has 0 spiro atoms. The number of anilines is 1. The van der Waals surface area contributed by atoms with Crippen LogP contribution < -0.4 is 10.6 Å². The van der Waals surface area contributed by atoms with Crippen molar-refractivity contribution in [2.75, 3.05) is 11.9 Å². The van der Waals surface area contributed by atoms with E-state index in [0.717, 1.165) is 16.9 Å². The Hall–Kier alpha value is -1.07. The summed E-state index contributed by atoms with van der Waals surface area (Å²) in [4.78, 5) is 4.23. The second-order valence-corrected chi connectivity index (χ2v) is 6.22. The Kier molecular flexibility index (Phi) is 6.26. The minimum atomic E-state index is 0.482. The van der Waals surface area contributed by atoms with Crippen molar-refractivity contribution in [3.05, 3.63) is 56.7 Å². The van der Waals surface area contributed by atoms with E-state index in [2.05, 4.69) is 15.6 Å². The van der Waals surface area contributed by atoms with Crippen LogP contribution in [0.3, 0.4) is 0 Å². The first-order valence-electron chi connectivity index (χ1n) is 6.58. The van der Waals surface area contributed by atoms with E-state index in [4.69, 9.17) is 47.0 Å². The maximum absolute atomic E-state index is 6.16. The summed E-state index contributed by atoms with van der Waals surface area (Å²) in [7, 11) is 0. The summed E-state index contributed by atoms with van der Waals surface area (Å²) < 4.78 is 0. The van der Waals surface area contributed by atoms with E-state index in [1.54, 1.807) is 18.3 Å². The lowest BCUT2D eigenvalue weighted by atomic mass is 10.1. The van der Waals surface area contributed by atoms with Crippen molar-refractivity contribution in [3.8, 4) is 0 Å². The van der Waals surface area contributed by atoms with Gasteiger partial charge in [-0.3, -0.25) is 0 Å². The van der Waals surface area contributed by atoms with Gasteiger partial charge in [-0.15, -0.1) is 0 Å². The fourth-order valence-corrected chi connectivity index (χ4v) is 2.80. The van der Waals surface area contributed by atoms with Crippen LogP contribution >= 0.6 is 47.0 Å². The highest BCUT2D eigenvalue weighted by Crippen LogP contribution is 2.31. The minimum absolute atomic E-state index is 0.482. The summed E-state index contributed by atoms with van der Waals surface area (Å²) in [5.41, 5.74) is 1.83. The molecule has 0 aliphatic rings. The molecule has 0 bridgehead atoms. The zero-order chi connectivity index (χ0) is 16.1. The lowest BCUT2D eigenvalue weighted by molar-refractivity contribution is 0.873. The number of benzene rings is 1. The molecule has 0 saturated carbocycles. The molecule has 22 heavy (non-hydrogen) atoms. The molecular weight excluding hydrogens is 361 g/mol. The number of aromatic nitrogens is 1. The first kappa shape index (κ1) is 17.3. The normalized spacial score (nSPS) is 10.4. The molecule has 0 aliphatic heterocycles. The van der Waals surface area contributed by atoms with Gasteiger partial charge in [0.1, 0.15) is 5.82 Å². The van der Waals surface area contributed by atoms with Gasteiger partial charge in [-0.1, -0.05) is 40.9 Å². The molecule has 1 aromatic heterocycles. The number of hydrogen-bond acceptors (Lipinski definition) is 2. The maximum Gasteiger partial charge on any atom is 0.171 e. The molecule has 2 N–H and O–H groups in total. The molecule has 0 saturated heterocycles. The highest BCUT2D eigenvalue weighted by Gasteiger charge is 2.09. The summed E-state index contributed by atoms with van der Waals surface area (Å²) in [6.07, 6.45) is 2.32. The Bertz CT molecular complexity index is 692. The summed E-state index contributed by atoms with van der Waals surface area (Å²) in [5, 5.41) is 8.22. The zero-order valence-electron chi connectivity index (χ0n) is 11.8. The van der Waals surface area contributed by atoms with E-state index in [1.807, 2.05) is 19.1 Å². The predicted molar refractivity (Wildman–Crippen MR) is 98.4 cm³/mol. The zero-order valence-corrected chi connectivity index (χ0v) is 14.9. The van der Waals surface area contributed by atoms with Crippen LogP contribution in [0.4, 0.5) is 5.82 Å². The van der Waals surface area contributed by atoms with Crippen LogP contribution in [0.25, 0.3) is 0 Å². The van der Waals surface area contributed by atoms with Crippen molar-refractivity contribution in [1.29, 1.82) is 0 Å². The third kappa shape index (κ3) is 4.46. The number of nitrogens with one attached hydrogen (secondary N) is 2. The predicted octanol–water partition coefficient (Wildman–Crippen LogP) is 4.88. The molecule has 7 heteroatoms. The molecule has 116 valence electrons. The summed E-state index contributed by atoms with van der Waals surface area (Å²) in [6, 6.07) is 7.25. The number of thiocarbonyl (C=S) groups is 1. The van der Waals surface area contributed by atoms with Crippen LogP contribution in [0.1, 0.15) is 11.1 Å². The van der Waals surface area contributed by atoms with Crippen LogP contribution in [0, 0.1) is 6.92 Å². The van der Waals surface area contributed by atoms with Gasteiger partial charge in [0.05, 0.1) is 10.0 Å². The number of rotatable bonds is 4. The van der Waals surface area contributed by atoms with E-state index >= 15 is 0 Å². The second kappa shape index (κ2) is 7.97. The van der Waals surface area contributed by atoms with Crippen LogP contribution in [-0.4, -0.2) is 16.6 Å². The molecule has 0 amide bonds. The average molecular weight is 375 g/mol. The summed E-state index contributed by atoms with van der Waals surface area (Å²) >= 11 is 23.5. The van der Waals surface area contributed by atoms with E-state index < -0.39 is 0 Å². The first-order chi connectivity index (χ1) is 10.5. The van der Waals surface area contributed by atoms with Gasteiger partial charge < -0.3 is 10.6 Å². The Morgan fingerprint density at radius 1 is 1.18 bits per heavy atom. The SMILES string of the molecule is Cc1cccnc1NC(=S)NCCc1c(Cl)ccc(Cl)c1Cl. The van der Waals surface area contributed by atoms with Crippen molar-refractivity contribution >= 4 is 58.0 Å². The number of aryl methyl sites for hydroxylation is 1. The van der Waals surface area contributed by atoms with Gasteiger partial charge in [0, 0.05) is 17.8 Å². The molecule has 1 heterocycles. The molecule has 0 unspecified atom stereocenters. The number of pyridine rings is 1. The molecule has 3 nitrogen and oxygen atoms in total. The average Bonchev–Trinajstić information content (AvgIpc) is 2.49. The van der Waals surface area contributed by atoms with E-state index in [-0.39, 0.29) is 0 Å². The Morgan fingerprint density at radius 2 is 1.91 bits per heavy atom. The fourth-order valence-electron chi connectivity index (χ4n) is 1.87. The van der Waals surface area contributed by atoms with Crippen molar-refractivity contribution in [3.63, 3.8) is 0 Å². The maximum atomic E-state index is 6.16. The van der Waals surface area contributed by atoms with Gasteiger partial charge >= 0.3 is 0 Å². The van der Waals surface area contributed by atoms with E-state index in [9.17, 15) is 0 Å². The standard InChI is InChI=1S/C15H14Cl3N3S/c1-9-3-2-7-19-14(9)21-15(22)20-8-6-10-11(16)4-5-12(17)13(10)18/h2-5,7H,6,8H2,1H3,(H2,19,20,21,22). The molecule has 0 atom stereocenters. The van der Waals surface area contributed by atoms with E-state index in [0.29, 0.717) is 33.1 Å². The second-order valence-electron chi connectivity index (χ2n) is 4.62. The molecule has 0 radical (unpaired) electrons. The quantitative estimate of drug-likeness (QED) is 0.591. The monoisotopic (exact) mass is 373 g/mol. The topological polar surface area (TPSA) is 37.0 Å². The van der Waals surface area contributed by atoms with E-state index in [1.165, 1.54) is 0 Å². The van der Waals surface area contributed by atoms with Crippen LogP contribution in [0.15, 0.2) is 30.5 Å². The van der Waals surface area contributed by atoms with Crippen LogP contribution in [0.5, 0.6) is 0 Å². The van der Waals surface area contributed by atoms with Crippen LogP contribution in [0.2, 0.25) is 15.1 Å².